The van der Waals surface area contributed by atoms with Crippen molar-refractivity contribution in [3.63, 3.8) is 0 Å². The number of nitrogens with one attached hydrogen (secondary N) is 1. The summed E-state index contributed by atoms with van der Waals surface area (Å²) in [6, 6.07) is 3.72. The molecule has 0 atom stereocenters. The van der Waals surface area contributed by atoms with Gasteiger partial charge >= 0.3 is 5.97 Å². The van der Waals surface area contributed by atoms with Crippen molar-refractivity contribution in [3.05, 3.63) is 39.8 Å². The maximum atomic E-state index is 11.9. The molecule has 19 heavy (non-hydrogen) atoms. The predicted molar refractivity (Wildman–Crippen MR) is 69.9 cm³/mol. The Morgan fingerprint density at radius 3 is 2.63 bits per heavy atom. The number of phenolic OH excluding ortho intramolecular Hbond substituents is 1. The number of aromatic nitrogens is 1. The molecule has 0 unspecified atom stereocenters. The lowest BCUT2D eigenvalue weighted by molar-refractivity contribution is 0.0696. The van der Waals surface area contributed by atoms with Gasteiger partial charge in [0.25, 0.3) is 5.91 Å². The Morgan fingerprint density at radius 2 is 2.11 bits per heavy atom. The van der Waals surface area contributed by atoms with Crippen LogP contribution in [-0.2, 0) is 0 Å². The third kappa shape index (κ3) is 2.71. The van der Waals surface area contributed by atoms with E-state index in [1.807, 2.05) is 0 Å². The van der Waals surface area contributed by atoms with Crippen LogP contribution in [0.2, 0.25) is 0 Å². The number of aromatic carboxylic acids is 1. The van der Waals surface area contributed by atoms with E-state index in [4.69, 9.17) is 5.11 Å². The summed E-state index contributed by atoms with van der Waals surface area (Å²) >= 11 is 1.19. The number of aryl methyl sites for hydroxylation is 1. The van der Waals surface area contributed by atoms with E-state index in [1.54, 1.807) is 12.4 Å². The maximum absolute atomic E-state index is 11.9. The summed E-state index contributed by atoms with van der Waals surface area (Å²) in [5, 5.41) is 20.9. The van der Waals surface area contributed by atoms with Gasteiger partial charge in [0.15, 0.2) is 0 Å². The van der Waals surface area contributed by atoms with Crippen LogP contribution in [0.5, 0.6) is 5.75 Å². The second kappa shape index (κ2) is 5.07. The first-order chi connectivity index (χ1) is 8.99. The Morgan fingerprint density at radius 1 is 1.37 bits per heavy atom. The van der Waals surface area contributed by atoms with Crippen LogP contribution in [0.15, 0.2) is 23.7 Å². The zero-order valence-electron chi connectivity index (χ0n) is 9.88. The van der Waals surface area contributed by atoms with Crippen LogP contribution < -0.4 is 5.32 Å². The highest BCUT2D eigenvalue weighted by atomic mass is 32.1. The molecule has 0 radical (unpaired) electrons. The number of carbonyl (C=O) groups is 2. The number of aromatic hydroxyl groups is 1. The van der Waals surface area contributed by atoms with E-state index < -0.39 is 11.9 Å². The molecule has 0 aliphatic heterocycles. The number of carboxylic acid groups (broad SMARTS) is 1. The van der Waals surface area contributed by atoms with Gasteiger partial charge in [-0.05, 0) is 25.1 Å². The topological polar surface area (TPSA) is 99.5 Å². The second-order valence-corrected chi connectivity index (χ2v) is 4.61. The van der Waals surface area contributed by atoms with Crippen molar-refractivity contribution in [2.75, 3.05) is 5.32 Å². The van der Waals surface area contributed by atoms with E-state index >= 15 is 0 Å². The lowest BCUT2D eigenvalue weighted by atomic mass is 10.2. The van der Waals surface area contributed by atoms with Crippen molar-refractivity contribution in [2.24, 2.45) is 0 Å². The lowest BCUT2D eigenvalue weighted by Crippen LogP contribution is -2.12. The number of rotatable bonds is 3. The third-order valence-corrected chi connectivity index (χ3v) is 3.37. The summed E-state index contributed by atoms with van der Waals surface area (Å²) in [6.07, 6.45) is 0. The van der Waals surface area contributed by atoms with Gasteiger partial charge in [-0.3, -0.25) is 4.79 Å². The number of thiazole rings is 1. The Bertz CT molecular complexity index is 651. The molecule has 0 saturated carbocycles. The maximum Gasteiger partial charge on any atom is 0.335 e. The number of hydrogen-bond donors (Lipinski definition) is 3. The van der Waals surface area contributed by atoms with E-state index in [-0.39, 0.29) is 17.0 Å². The Hall–Kier alpha value is -2.41. The molecular formula is C12H10N2O4S. The van der Waals surface area contributed by atoms with Gasteiger partial charge in [0.1, 0.15) is 10.6 Å². The summed E-state index contributed by atoms with van der Waals surface area (Å²) in [5.74, 6) is -1.83. The van der Waals surface area contributed by atoms with Crippen LogP contribution in [0.1, 0.15) is 25.7 Å². The zero-order chi connectivity index (χ0) is 14.0. The molecule has 2 aromatic rings. The van der Waals surface area contributed by atoms with E-state index in [0.717, 1.165) is 6.07 Å². The number of anilines is 1. The normalized spacial score (nSPS) is 10.2. The van der Waals surface area contributed by atoms with Gasteiger partial charge in [-0.15, -0.1) is 11.3 Å². The number of hydrogen-bond acceptors (Lipinski definition) is 5. The number of benzene rings is 1. The predicted octanol–water partition coefficient (Wildman–Crippen LogP) is 2.11. The smallest absolute Gasteiger partial charge is 0.335 e. The number of amides is 1. The molecule has 0 aliphatic rings. The van der Waals surface area contributed by atoms with Gasteiger partial charge in [0.2, 0.25) is 0 Å². The minimum Gasteiger partial charge on any atom is -0.506 e. The molecule has 1 aromatic carbocycles. The average Bonchev–Trinajstić information content (AvgIpc) is 2.77. The molecule has 1 amide bonds. The van der Waals surface area contributed by atoms with Gasteiger partial charge in [0.05, 0.1) is 22.5 Å². The first-order valence-corrected chi connectivity index (χ1v) is 6.14. The highest BCUT2D eigenvalue weighted by molar-refractivity contribution is 7.12. The fourth-order valence-corrected chi connectivity index (χ4v) is 2.17. The summed E-state index contributed by atoms with van der Waals surface area (Å²) in [7, 11) is 0. The van der Waals surface area contributed by atoms with Crippen molar-refractivity contribution in [3.8, 4) is 5.75 Å². The van der Waals surface area contributed by atoms with Gasteiger partial charge in [-0.1, -0.05) is 0 Å². The molecule has 2 rings (SSSR count). The van der Waals surface area contributed by atoms with E-state index in [1.165, 1.54) is 23.5 Å². The monoisotopic (exact) mass is 278 g/mol. The molecule has 1 aromatic heterocycles. The Labute approximate surface area is 112 Å². The van der Waals surface area contributed by atoms with Gasteiger partial charge < -0.3 is 15.5 Å². The zero-order valence-corrected chi connectivity index (χ0v) is 10.7. The number of carboxylic acids is 1. The minimum absolute atomic E-state index is 0.0514. The first-order valence-electron chi connectivity index (χ1n) is 5.27. The van der Waals surface area contributed by atoms with Gasteiger partial charge in [-0.25, -0.2) is 9.78 Å². The Balaban J connectivity index is 2.23. The van der Waals surface area contributed by atoms with Crippen molar-refractivity contribution < 1.29 is 19.8 Å². The quantitative estimate of drug-likeness (QED) is 0.747. The molecule has 0 bridgehead atoms. The van der Waals surface area contributed by atoms with Crippen molar-refractivity contribution in [1.82, 2.24) is 4.98 Å². The van der Waals surface area contributed by atoms with Crippen LogP contribution >= 0.6 is 11.3 Å². The molecule has 0 saturated heterocycles. The first kappa shape index (κ1) is 13.0. The molecule has 0 fully saturated rings. The second-order valence-electron chi connectivity index (χ2n) is 3.76. The van der Waals surface area contributed by atoms with E-state index in [9.17, 15) is 14.7 Å². The van der Waals surface area contributed by atoms with Crippen LogP contribution in [0, 0.1) is 6.92 Å². The molecule has 0 spiro atoms. The molecule has 7 heteroatoms. The van der Waals surface area contributed by atoms with Crippen LogP contribution in [-0.4, -0.2) is 27.1 Å². The van der Waals surface area contributed by atoms with Crippen molar-refractivity contribution in [2.45, 2.75) is 6.92 Å². The SMILES string of the molecule is Cc1ncsc1C(=O)Nc1ccc(C(=O)O)cc1O. The van der Waals surface area contributed by atoms with Crippen molar-refractivity contribution >= 4 is 28.9 Å². The highest BCUT2D eigenvalue weighted by Gasteiger charge is 2.14. The minimum atomic E-state index is -1.15. The standard InChI is InChI=1S/C12H10N2O4S/c1-6-10(19-5-13-6)11(16)14-8-3-2-7(12(17)18)4-9(8)15/h2-5,15H,1H3,(H,14,16)(H,17,18). The summed E-state index contributed by atoms with van der Waals surface area (Å²) < 4.78 is 0. The van der Waals surface area contributed by atoms with Gasteiger partial charge in [-0.2, -0.15) is 0 Å². The summed E-state index contributed by atoms with van der Waals surface area (Å²) in [6.45, 7) is 1.71. The fourth-order valence-electron chi connectivity index (χ4n) is 1.47. The van der Waals surface area contributed by atoms with Crippen LogP contribution in [0.4, 0.5) is 5.69 Å². The summed E-state index contributed by atoms with van der Waals surface area (Å²) in [5.41, 5.74) is 2.26. The summed E-state index contributed by atoms with van der Waals surface area (Å²) in [4.78, 5) is 27.0. The van der Waals surface area contributed by atoms with E-state index in [0.29, 0.717) is 10.6 Å². The molecule has 1 heterocycles. The molecule has 6 nitrogen and oxygen atoms in total. The average molecular weight is 278 g/mol. The molecule has 0 aliphatic carbocycles. The molecule has 3 N–H and O–H groups in total. The highest BCUT2D eigenvalue weighted by Crippen LogP contribution is 2.25. The lowest BCUT2D eigenvalue weighted by Gasteiger charge is -2.07. The Kier molecular flexibility index (Phi) is 3.48. The van der Waals surface area contributed by atoms with Gasteiger partial charge in [0, 0.05) is 0 Å². The van der Waals surface area contributed by atoms with Crippen LogP contribution in [0.25, 0.3) is 0 Å². The van der Waals surface area contributed by atoms with Crippen LogP contribution in [0.3, 0.4) is 0 Å². The molecule has 98 valence electrons. The molecular weight excluding hydrogens is 268 g/mol. The fraction of sp³-hybridized carbons (Fsp3) is 0.0833. The van der Waals surface area contributed by atoms with Crippen molar-refractivity contribution in [1.29, 1.82) is 0 Å². The van der Waals surface area contributed by atoms with E-state index in [2.05, 4.69) is 10.3 Å². The number of nitrogens with zero attached hydrogens (tertiary/aromatic N) is 1. The number of carbonyl (C=O) groups excluding carboxylic acids is 1. The third-order valence-electron chi connectivity index (χ3n) is 2.44. The number of phenols is 1. The largest absolute Gasteiger partial charge is 0.506 e.